The van der Waals surface area contributed by atoms with Gasteiger partial charge in [-0.05, 0) is 59.2 Å². The Kier molecular flexibility index (Phi) is 8.43. The highest BCUT2D eigenvalue weighted by molar-refractivity contribution is 14.1. The van der Waals surface area contributed by atoms with Gasteiger partial charge in [0, 0.05) is 22.5 Å². The molecule has 0 aromatic heterocycles. The predicted molar refractivity (Wildman–Crippen MR) is 103 cm³/mol. The van der Waals surface area contributed by atoms with Gasteiger partial charge in [0.05, 0.1) is 6.61 Å². The van der Waals surface area contributed by atoms with Crippen LogP contribution in [0, 0.1) is 3.57 Å². The van der Waals surface area contributed by atoms with Gasteiger partial charge in [0.25, 0.3) is 0 Å². The molecule has 2 rings (SSSR count). The molecule has 1 aliphatic heterocycles. The number of rotatable bonds is 9. The molecular formula is C19H23IO5. The van der Waals surface area contributed by atoms with Crippen LogP contribution in [0.15, 0.2) is 48.8 Å². The number of hydrogen-bond acceptors (Lipinski definition) is 5. The molecule has 1 aliphatic rings. The minimum absolute atomic E-state index is 0.0138. The number of carbonyl (C=O) groups is 1. The highest BCUT2D eigenvalue weighted by atomic mass is 127. The van der Waals surface area contributed by atoms with E-state index < -0.39 is 12.3 Å². The zero-order valence-electron chi connectivity index (χ0n) is 14.0. The highest BCUT2D eigenvalue weighted by Crippen LogP contribution is 2.32. The van der Waals surface area contributed by atoms with Gasteiger partial charge in [0.15, 0.2) is 0 Å². The molecule has 6 heteroatoms. The molecule has 0 spiro atoms. The molecule has 0 saturated heterocycles. The van der Waals surface area contributed by atoms with E-state index in [1.807, 2.05) is 24.3 Å². The molecule has 0 saturated carbocycles. The Balaban J connectivity index is 2.10. The highest BCUT2D eigenvalue weighted by Gasteiger charge is 2.29. The fourth-order valence-electron chi connectivity index (χ4n) is 2.48. The number of aliphatic hydroxyl groups excluding tert-OH is 1. The molecule has 0 bridgehead atoms. The fourth-order valence-corrected chi connectivity index (χ4v) is 2.84. The van der Waals surface area contributed by atoms with E-state index in [9.17, 15) is 4.79 Å². The number of unbranched alkanes of at least 4 members (excludes halogenated alkanes) is 1. The van der Waals surface area contributed by atoms with Gasteiger partial charge in [-0.25, -0.2) is 4.79 Å². The molecule has 1 aromatic carbocycles. The third kappa shape index (κ3) is 6.45. The molecular weight excluding hydrogens is 435 g/mol. The van der Waals surface area contributed by atoms with Crippen LogP contribution < -0.4 is 0 Å². The maximum Gasteiger partial charge on any atom is 0.373 e. The zero-order chi connectivity index (χ0) is 18.1. The summed E-state index contributed by atoms with van der Waals surface area (Å²) in [4.78, 5) is 12.2. The Bertz CT molecular complexity index is 596. The van der Waals surface area contributed by atoms with E-state index >= 15 is 0 Å². The summed E-state index contributed by atoms with van der Waals surface area (Å²) in [5.74, 6) is -0.331. The number of hydrogen-bond donors (Lipinski definition) is 1. The van der Waals surface area contributed by atoms with Crippen molar-refractivity contribution in [2.24, 2.45) is 0 Å². The first-order valence-corrected chi connectivity index (χ1v) is 9.36. The third-order valence-electron chi connectivity index (χ3n) is 3.75. The van der Waals surface area contributed by atoms with Crippen LogP contribution in [0.2, 0.25) is 0 Å². The predicted octanol–water partition coefficient (Wildman–Crippen LogP) is 3.52. The van der Waals surface area contributed by atoms with E-state index in [0.29, 0.717) is 19.4 Å². The lowest BCUT2D eigenvalue weighted by atomic mass is 9.93. The van der Waals surface area contributed by atoms with Crippen LogP contribution in [0.25, 0.3) is 0 Å². The van der Waals surface area contributed by atoms with Crippen molar-refractivity contribution in [3.63, 3.8) is 0 Å². The van der Waals surface area contributed by atoms with Crippen LogP contribution in [-0.4, -0.2) is 37.2 Å². The van der Waals surface area contributed by atoms with Gasteiger partial charge < -0.3 is 19.3 Å². The van der Waals surface area contributed by atoms with Crippen LogP contribution >= 0.6 is 22.6 Å². The number of esters is 1. The molecule has 136 valence electrons. The van der Waals surface area contributed by atoms with Crippen LogP contribution in [0.4, 0.5) is 0 Å². The maximum atomic E-state index is 12.2. The Morgan fingerprint density at radius 1 is 1.36 bits per heavy atom. The fraction of sp³-hybridized carbons (Fsp3) is 0.421. The molecule has 0 fully saturated rings. The second-order valence-electron chi connectivity index (χ2n) is 5.66. The molecule has 25 heavy (non-hydrogen) atoms. The van der Waals surface area contributed by atoms with Crippen molar-refractivity contribution < 1.29 is 24.1 Å². The van der Waals surface area contributed by atoms with E-state index in [1.165, 1.54) is 6.08 Å². The van der Waals surface area contributed by atoms with Crippen molar-refractivity contribution in [3.8, 4) is 0 Å². The van der Waals surface area contributed by atoms with Crippen molar-refractivity contribution in [1.29, 1.82) is 0 Å². The van der Waals surface area contributed by atoms with E-state index in [1.54, 1.807) is 6.08 Å². The van der Waals surface area contributed by atoms with Crippen molar-refractivity contribution in [1.82, 2.24) is 0 Å². The normalized spacial score (nSPS) is 19.7. The summed E-state index contributed by atoms with van der Waals surface area (Å²) in [6.07, 6.45) is 4.83. The topological polar surface area (TPSA) is 65.0 Å². The first-order chi connectivity index (χ1) is 12.1. The number of aliphatic hydroxyl groups is 1. The number of carbonyl (C=O) groups excluding carboxylic acids is 1. The number of allylic oxidation sites excluding steroid dienone is 1. The quantitative estimate of drug-likeness (QED) is 0.266. The van der Waals surface area contributed by atoms with Crippen LogP contribution in [-0.2, 0) is 19.0 Å². The summed E-state index contributed by atoms with van der Waals surface area (Å²) in [6.45, 7) is 4.28. The SMILES string of the molecule is C=CCOC(=O)C1=C[C@@H](c2ccc(I)cc2)C[C@@H](OCCCCO)O1. The Morgan fingerprint density at radius 3 is 2.80 bits per heavy atom. The number of benzene rings is 1. The van der Waals surface area contributed by atoms with Crippen molar-refractivity contribution in [2.45, 2.75) is 31.5 Å². The van der Waals surface area contributed by atoms with Gasteiger partial charge in [0.1, 0.15) is 6.61 Å². The summed E-state index contributed by atoms with van der Waals surface area (Å²) in [7, 11) is 0. The standard InChI is InChI=1S/C19H23IO5/c1-2-10-24-19(22)17-12-15(14-5-7-16(20)8-6-14)13-18(25-17)23-11-4-3-9-21/h2,5-8,12,15,18,21H,1,3-4,9-11,13H2/t15-,18+/m1/s1. The molecule has 2 atom stereocenters. The second-order valence-corrected chi connectivity index (χ2v) is 6.91. The second kappa shape index (κ2) is 10.6. The van der Waals surface area contributed by atoms with E-state index in [0.717, 1.165) is 15.6 Å². The third-order valence-corrected chi connectivity index (χ3v) is 4.46. The number of halogens is 1. The van der Waals surface area contributed by atoms with Gasteiger partial charge in [-0.1, -0.05) is 24.8 Å². The largest absolute Gasteiger partial charge is 0.458 e. The molecule has 1 heterocycles. The summed E-state index contributed by atoms with van der Waals surface area (Å²) >= 11 is 2.26. The van der Waals surface area contributed by atoms with E-state index in [-0.39, 0.29) is 24.9 Å². The van der Waals surface area contributed by atoms with Crippen LogP contribution in [0.1, 0.15) is 30.7 Å². The van der Waals surface area contributed by atoms with Gasteiger partial charge in [-0.3, -0.25) is 0 Å². The zero-order valence-corrected chi connectivity index (χ0v) is 16.2. The average molecular weight is 458 g/mol. The van der Waals surface area contributed by atoms with Gasteiger partial charge in [-0.15, -0.1) is 0 Å². The summed E-state index contributed by atoms with van der Waals surface area (Å²) in [5, 5.41) is 8.85. The molecule has 1 N–H and O–H groups in total. The Morgan fingerprint density at radius 2 is 2.12 bits per heavy atom. The van der Waals surface area contributed by atoms with Crippen molar-refractivity contribution in [3.05, 3.63) is 57.9 Å². The number of ether oxygens (including phenoxy) is 3. The first kappa shape index (κ1) is 19.9. The first-order valence-electron chi connectivity index (χ1n) is 8.28. The lowest BCUT2D eigenvalue weighted by Gasteiger charge is -2.29. The minimum Gasteiger partial charge on any atom is -0.458 e. The monoisotopic (exact) mass is 458 g/mol. The molecule has 0 radical (unpaired) electrons. The smallest absolute Gasteiger partial charge is 0.373 e. The Hall–Kier alpha value is -1.38. The van der Waals surface area contributed by atoms with Gasteiger partial charge in [0.2, 0.25) is 12.0 Å². The van der Waals surface area contributed by atoms with E-state index in [4.69, 9.17) is 19.3 Å². The minimum atomic E-state index is -0.515. The molecule has 0 unspecified atom stereocenters. The van der Waals surface area contributed by atoms with E-state index in [2.05, 4.69) is 29.2 Å². The molecule has 0 amide bonds. The summed E-state index contributed by atoms with van der Waals surface area (Å²) in [6, 6.07) is 8.16. The lowest BCUT2D eigenvalue weighted by molar-refractivity contribution is -0.160. The Labute approximate surface area is 161 Å². The maximum absolute atomic E-state index is 12.2. The average Bonchev–Trinajstić information content (AvgIpc) is 2.63. The lowest BCUT2D eigenvalue weighted by Crippen LogP contribution is -2.28. The van der Waals surface area contributed by atoms with Crippen LogP contribution in [0.3, 0.4) is 0 Å². The van der Waals surface area contributed by atoms with Gasteiger partial charge in [-0.2, -0.15) is 0 Å². The molecule has 0 aliphatic carbocycles. The van der Waals surface area contributed by atoms with Crippen molar-refractivity contribution >= 4 is 28.6 Å². The molecule has 5 nitrogen and oxygen atoms in total. The summed E-state index contributed by atoms with van der Waals surface area (Å²) < 4.78 is 17.6. The summed E-state index contributed by atoms with van der Waals surface area (Å²) in [5.41, 5.74) is 1.10. The van der Waals surface area contributed by atoms with Gasteiger partial charge >= 0.3 is 5.97 Å². The van der Waals surface area contributed by atoms with Crippen molar-refractivity contribution in [2.75, 3.05) is 19.8 Å². The molecule has 1 aromatic rings. The van der Waals surface area contributed by atoms with Crippen LogP contribution in [0.5, 0.6) is 0 Å².